The number of hydrogen-bond acceptors (Lipinski definition) is 4. The molecule has 0 saturated heterocycles. The number of alkyl halides is 3. The zero-order chi connectivity index (χ0) is 16.2. The predicted molar refractivity (Wildman–Crippen MR) is 80.4 cm³/mol. The standard InChI is InChI=1S/C9H16F3O3.C3H9OP.CH4.Y/c1-4-15-9(11,12)8(2,10)7-14-6-5-13-3;1-3-5(2)4;;/h3-7H2,1-2H3;5H,3H2,1-2H3;1H4;/q-1;;;. The number of ether oxygens (including phenoxy) is 3. The molecule has 0 spiro atoms. The summed E-state index contributed by atoms with van der Waals surface area (Å²) in [6.45, 7) is 4.89. The molecule has 0 heterocycles. The van der Waals surface area contributed by atoms with E-state index in [1.165, 1.54) is 6.92 Å². The molecular formula is C13H29F3O4PY-. The average molecular weight is 426 g/mol. The molecule has 2 unspecified atom stereocenters. The topological polar surface area (TPSA) is 44.8 Å². The van der Waals surface area contributed by atoms with Crippen molar-refractivity contribution in [1.29, 1.82) is 0 Å². The smallest absolute Gasteiger partial charge is 0.391 e. The van der Waals surface area contributed by atoms with Gasteiger partial charge in [-0.3, -0.25) is 0 Å². The first-order chi connectivity index (χ1) is 9.14. The Morgan fingerprint density at radius 1 is 1.18 bits per heavy atom. The van der Waals surface area contributed by atoms with Gasteiger partial charge in [-0.1, -0.05) is 14.4 Å². The van der Waals surface area contributed by atoms with Gasteiger partial charge in [0.25, 0.3) is 0 Å². The van der Waals surface area contributed by atoms with Crippen molar-refractivity contribution in [1.82, 2.24) is 0 Å². The van der Waals surface area contributed by atoms with Gasteiger partial charge in [0.15, 0.2) is 0 Å². The minimum absolute atomic E-state index is 0. The quantitative estimate of drug-likeness (QED) is 0.318. The van der Waals surface area contributed by atoms with Gasteiger partial charge in [0.05, 0.1) is 27.6 Å². The number of hydrogen-bond donors (Lipinski definition) is 0. The van der Waals surface area contributed by atoms with Gasteiger partial charge in [0, 0.05) is 39.3 Å². The summed E-state index contributed by atoms with van der Waals surface area (Å²) in [4.78, 5) is 0. The third kappa shape index (κ3) is 15.9. The van der Waals surface area contributed by atoms with Crippen molar-refractivity contribution in [3.8, 4) is 0 Å². The molecule has 2 atom stereocenters. The van der Waals surface area contributed by atoms with Crippen LogP contribution in [-0.2, 0) is 51.5 Å². The monoisotopic (exact) mass is 426 g/mol. The molecule has 0 rings (SSSR count). The maximum Gasteiger partial charge on any atom is 0.391 e. The minimum atomic E-state index is -3.85. The average Bonchev–Trinajstić information content (AvgIpc) is 2.35. The summed E-state index contributed by atoms with van der Waals surface area (Å²) >= 11 is 0. The largest absolute Gasteiger partial charge is 0.553 e. The SMILES string of the molecule is C.CC[PH](C)=O.[CH2-]OCCOCC(C)(F)C(F)(F)OCC.[Y]. The van der Waals surface area contributed by atoms with Crippen molar-refractivity contribution in [3.05, 3.63) is 7.11 Å². The first kappa shape index (κ1) is 30.8. The van der Waals surface area contributed by atoms with E-state index in [2.05, 4.69) is 21.3 Å². The summed E-state index contributed by atoms with van der Waals surface area (Å²) in [5.74, 6) is 0. The van der Waals surface area contributed by atoms with E-state index >= 15 is 0 Å². The van der Waals surface area contributed by atoms with E-state index in [0.29, 0.717) is 0 Å². The van der Waals surface area contributed by atoms with E-state index in [1.807, 2.05) is 6.92 Å². The van der Waals surface area contributed by atoms with Crippen LogP contribution in [-0.4, -0.2) is 51.0 Å². The van der Waals surface area contributed by atoms with E-state index in [0.717, 1.165) is 13.1 Å². The maximum absolute atomic E-state index is 13.4. The Bertz CT molecular complexity index is 270. The molecule has 0 amide bonds. The molecule has 0 aliphatic carbocycles. The Labute approximate surface area is 158 Å². The fourth-order valence-corrected chi connectivity index (χ4v) is 0.797. The zero-order valence-corrected chi connectivity index (χ0v) is 16.9. The minimum Gasteiger partial charge on any atom is -0.553 e. The van der Waals surface area contributed by atoms with Crippen LogP contribution < -0.4 is 0 Å². The Morgan fingerprint density at radius 3 is 1.95 bits per heavy atom. The molecule has 0 fully saturated rings. The van der Waals surface area contributed by atoms with Crippen molar-refractivity contribution in [2.24, 2.45) is 0 Å². The molecule has 0 aromatic heterocycles. The fourth-order valence-electron chi connectivity index (χ4n) is 0.797. The normalized spacial score (nSPS) is 14.5. The second-order valence-corrected chi connectivity index (χ2v) is 6.27. The summed E-state index contributed by atoms with van der Waals surface area (Å²) in [6.07, 6.45) is -3.00. The third-order valence-electron chi connectivity index (χ3n) is 2.18. The van der Waals surface area contributed by atoms with E-state index < -0.39 is 26.2 Å². The number of rotatable bonds is 9. The van der Waals surface area contributed by atoms with Crippen molar-refractivity contribution in [2.75, 3.05) is 39.3 Å². The summed E-state index contributed by atoms with van der Waals surface area (Å²) in [6, 6.07) is 0. The summed E-state index contributed by atoms with van der Waals surface area (Å²) in [7, 11) is 1.93. The van der Waals surface area contributed by atoms with Gasteiger partial charge in [-0.05, 0) is 26.7 Å². The summed E-state index contributed by atoms with van der Waals surface area (Å²) in [5, 5.41) is 0. The molecule has 9 heteroatoms. The van der Waals surface area contributed by atoms with Gasteiger partial charge in [0.2, 0.25) is 5.67 Å². The second kappa shape index (κ2) is 16.8. The van der Waals surface area contributed by atoms with Crippen LogP contribution in [0.1, 0.15) is 28.2 Å². The van der Waals surface area contributed by atoms with E-state index in [-0.39, 0.29) is 60.0 Å². The third-order valence-corrected chi connectivity index (χ3v) is 3.17. The predicted octanol–water partition coefficient (Wildman–Crippen LogP) is 4.00. The van der Waals surface area contributed by atoms with Crippen molar-refractivity contribution in [3.63, 3.8) is 0 Å². The van der Waals surface area contributed by atoms with Crippen LogP contribution in [0.15, 0.2) is 0 Å². The summed E-state index contributed by atoms with van der Waals surface area (Å²) in [5.41, 5.74) is -2.86. The molecule has 0 aliphatic heterocycles. The van der Waals surface area contributed by atoms with Crippen LogP contribution in [0, 0.1) is 7.11 Å². The van der Waals surface area contributed by atoms with E-state index in [4.69, 9.17) is 0 Å². The van der Waals surface area contributed by atoms with Gasteiger partial charge in [0.1, 0.15) is 0 Å². The molecule has 0 aromatic carbocycles. The second-order valence-electron chi connectivity index (χ2n) is 4.16. The molecule has 0 aliphatic rings. The molecule has 4 nitrogen and oxygen atoms in total. The molecule has 135 valence electrons. The molecule has 1 radical (unpaired) electrons. The number of halogens is 3. The Morgan fingerprint density at radius 2 is 1.64 bits per heavy atom. The first-order valence-corrected chi connectivity index (χ1v) is 8.41. The molecule has 0 saturated carbocycles. The molecule has 0 N–H and O–H groups in total. The zero-order valence-electron chi connectivity index (χ0n) is 13.1. The van der Waals surface area contributed by atoms with Crippen molar-refractivity contribution in [2.45, 2.75) is 40.0 Å². The van der Waals surface area contributed by atoms with Crippen LogP contribution in [0.3, 0.4) is 0 Å². The van der Waals surface area contributed by atoms with Crippen LogP contribution in [0.5, 0.6) is 0 Å². The first-order valence-electron chi connectivity index (χ1n) is 6.29. The summed E-state index contributed by atoms with van der Waals surface area (Å²) < 4.78 is 62.5. The molecule has 0 aromatic rings. The van der Waals surface area contributed by atoms with E-state index in [9.17, 15) is 17.7 Å². The van der Waals surface area contributed by atoms with Gasteiger partial charge in [-0.25, -0.2) is 11.5 Å². The van der Waals surface area contributed by atoms with Crippen LogP contribution >= 0.6 is 7.80 Å². The van der Waals surface area contributed by atoms with Crippen LogP contribution in [0.4, 0.5) is 13.2 Å². The Hall–Kier alpha value is 1.00. The van der Waals surface area contributed by atoms with Gasteiger partial charge in [-0.15, -0.1) is 0 Å². The van der Waals surface area contributed by atoms with Gasteiger partial charge < -0.3 is 18.8 Å². The van der Waals surface area contributed by atoms with Crippen LogP contribution in [0.25, 0.3) is 0 Å². The molecular weight excluding hydrogens is 397 g/mol. The Kier molecular flexibility index (Phi) is 23.6. The van der Waals surface area contributed by atoms with Crippen LogP contribution in [0.2, 0.25) is 0 Å². The molecule has 22 heavy (non-hydrogen) atoms. The fraction of sp³-hybridized carbons (Fsp3) is 0.923. The van der Waals surface area contributed by atoms with Gasteiger partial charge >= 0.3 is 6.11 Å². The Balaban J connectivity index is -0.000000201. The van der Waals surface area contributed by atoms with Crippen molar-refractivity contribution >= 4 is 7.80 Å². The van der Waals surface area contributed by atoms with E-state index in [1.54, 1.807) is 6.66 Å². The molecule has 0 bridgehead atoms. The van der Waals surface area contributed by atoms with Gasteiger partial charge in [-0.2, -0.15) is 8.78 Å². The maximum atomic E-state index is 13.4. The van der Waals surface area contributed by atoms with Crippen molar-refractivity contribution < 1.29 is 64.7 Å².